The molecule has 0 aromatic heterocycles. The summed E-state index contributed by atoms with van der Waals surface area (Å²) in [5.41, 5.74) is 6.31. The van der Waals surface area contributed by atoms with E-state index >= 15 is 0 Å². The number of benzene rings is 1. The number of anilines is 1. The highest BCUT2D eigenvalue weighted by Gasteiger charge is 2.30. The van der Waals surface area contributed by atoms with Gasteiger partial charge in [-0.1, -0.05) is 11.6 Å². The van der Waals surface area contributed by atoms with Gasteiger partial charge in [0.25, 0.3) is 0 Å². The summed E-state index contributed by atoms with van der Waals surface area (Å²) < 4.78 is 5.12. The van der Waals surface area contributed by atoms with Gasteiger partial charge in [-0.05, 0) is 31.0 Å². The fourth-order valence-electron chi connectivity index (χ4n) is 2.13. The highest BCUT2D eigenvalue weighted by atomic mass is 35.5. The maximum atomic E-state index is 8.99. The van der Waals surface area contributed by atoms with Gasteiger partial charge < -0.3 is 15.4 Å². The van der Waals surface area contributed by atoms with Gasteiger partial charge in [-0.2, -0.15) is 5.26 Å². The topological polar surface area (TPSA) is 62.3 Å². The molecule has 2 rings (SSSR count). The van der Waals surface area contributed by atoms with Gasteiger partial charge in [-0.3, -0.25) is 0 Å². The van der Waals surface area contributed by atoms with Gasteiger partial charge in [0.1, 0.15) is 11.3 Å². The highest BCUT2D eigenvalue weighted by Crippen LogP contribution is 2.31. The zero-order valence-electron chi connectivity index (χ0n) is 10.3. The predicted molar refractivity (Wildman–Crippen MR) is 72.0 cm³/mol. The third-order valence-corrected chi connectivity index (χ3v) is 3.67. The van der Waals surface area contributed by atoms with E-state index in [-0.39, 0.29) is 0 Å². The molecule has 1 aliphatic heterocycles. The summed E-state index contributed by atoms with van der Waals surface area (Å²) >= 11 is 6.10. The van der Waals surface area contributed by atoms with Crippen molar-refractivity contribution >= 4 is 17.3 Å². The largest absolute Gasteiger partial charge is 0.495 e. The molecule has 0 atom stereocenters. The van der Waals surface area contributed by atoms with Crippen molar-refractivity contribution in [2.24, 2.45) is 5.73 Å². The zero-order valence-corrected chi connectivity index (χ0v) is 11.1. The first kappa shape index (κ1) is 13.0. The van der Waals surface area contributed by atoms with Crippen molar-refractivity contribution in [3.05, 3.63) is 23.2 Å². The molecule has 0 radical (unpaired) electrons. The Balaban J connectivity index is 2.11. The van der Waals surface area contributed by atoms with Crippen molar-refractivity contribution in [1.82, 2.24) is 0 Å². The van der Waals surface area contributed by atoms with Crippen LogP contribution >= 0.6 is 11.6 Å². The minimum atomic E-state index is -0.674. The van der Waals surface area contributed by atoms with Crippen LogP contribution in [0.15, 0.2) is 18.2 Å². The molecular formula is C13H16ClN3O. The standard InChI is InChI=1S/C13H16ClN3O/c1-18-12-3-2-10(8-11(12)14)17-6-4-13(16,9-15)5-7-17/h2-3,8H,4-7,16H2,1H3. The molecule has 0 bridgehead atoms. The Labute approximate surface area is 112 Å². The van der Waals surface area contributed by atoms with Gasteiger partial charge in [-0.25, -0.2) is 0 Å². The third kappa shape index (κ3) is 2.53. The van der Waals surface area contributed by atoms with Crippen molar-refractivity contribution in [3.8, 4) is 11.8 Å². The van der Waals surface area contributed by atoms with Crippen molar-refractivity contribution in [2.75, 3.05) is 25.1 Å². The van der Waals surface area contributed by atoms with Crippen LogP contribution in [0.25, 0.3) is 0 Å². The molecule has 1 heterocycles. The lowest BCUT2D eigenvalue weighted by Gasteiger charge is -2.36. The van der Waals surface area contributed by atoms with Gasteiger partial charge in [0.05, 0.1) is 18.2 Å². The molecule has 2 N–H and O–H groups in total. The summed E-state index contributed by atoms with van der Waals surface area (Å²) in [4.78, 5) is 2.19. The average molecular weight is 266 g/mol. The molecule has 18 heavy (non-hydrogen) atoms. The van der Waals surface area contributed by atoms with Crippen LogP contribution in [-0.4, -0.2) is 25.7 Å². The number of rotatable bonds is 2. The average Bonchev–Trinajstić information content (AvgIpc) is 2.39. The van der Waals surface area contributed by atoms with Crippen LogP contribution in [0.5, 0.6) is 5.75 Å². The van der Waals surface area contributed by atoms with E-state index < -0.39 is 5.54 Å². The van der Waals surface area contributed by atoms with Crippen LogP contribution in [0, 0.1) is 11.3 Å². The minimum Gasteiger partial charge on any atom is -0.495 e. The van der Waals surface area contributed by atoms with Gasteiger partial charge in [0.15, 0.2) is 0 Å². The lowest BCUT2D eigenvalue weighted by Crippen LogP contribution is -2.49. The Bertz CT molecular complexity index is 476. The molecule has 5 heteroatoms. The van der Waals surface area contributed by atoms with Crippen molar-refractivity contribution in [2.45, 2.75) is 18.4 Å². The predicted octanol–water partition coefficient (Wildman–Crippen LogP) is 2.17. The second kappa shape index (κ2) is 5.05. The molecule has 4 nitrogen and oxygen atoms in total. The summed E-state index contributed by atoms with van der Waals surface area (Å²) in [5, 5.41) is 9.59. The van der Waals surface area contributed by atoms with Gasteiger partial charge in [-0.15, -0.1) is 0 Å². The number of hydrogen-bond acceptors (Lipinski definition) is 4. The molecule has 1 fully saturated rings. The Hall–Kier alpha value is -1.44. The molecular weight excluding hydrogens is 250 g/mol. The summed E-state index contributed by atoms with van der Waals surface area (Å²) in [5.74, 6) is 0.669. The molecule has 0 saturated carbocycles. The van der Waals surface area contributed by atoms with E-state index in [1.165, 1.54) is 0 Å². The van der Waals surface area contributed by atoms with Crippen LogP contribution in [0.4, 0.5) is 5.69 Å². The molecule has 1 aliphatic rings. The molecule has 1 aromatic carbocycles. The van der Waals surface area contributed by atoms with E-state index in [1.54, 1.807) is 7.11 Å². The van der Waals surface area contributed by atoms with E-state index in [9.17, 15) is 0 Å². The Morgan fingerprint density at radius 1 is 1.44 bits per heavy atom. The molecule has 1 aromatic rings. The van der Waals surface area contributed by atoms with E-state index in [2.05, 4.69) is 11.0 Å². The lowest BCUT2D eigenvalue weighted by atomic mass is 9.90. The van der Waals surface area contributed by atoms with Gasteiger partial charge in [0.2, 0.25) is 0 Å². The summed E-state index contributed by atoms with van der Waals surface area (Å²) in [7, 11) is 1.59. The maximum Gasteiger partial charge on any atom is 0.137 e. The SMILES string of the molecule is COc1ccc(N2CCC(N)(C#N)CC2)cc1Cl. The molecule has 0 unspecified atom stereocenters. The first-order valence-corrected chi connectivity index (χ1v) is 6.24. The maximum absolute atomic E-state index is 8.99. The fourth-order valence-corrected chi connectivity index (χ4v) is 2.38. The zero-order chi connectivity index (χ0) is 13.2. The van der Waals surface area contributed by atoms with Crippen LogP contribution in [0.2, 0.25) is 5.02 Å². The summed E-state index contributed by atoms with van der Waals surface area (Å²) in [6, 6.07) is 7.90. The monoisotopic (exact) mass is 265 g/mol. The van der Waals surface area contributed by atoms with Crippen LogP contribution in [-0.2, 0) is 0 Å². The number of halogens is 1. The Morgan fingerprint density at radius 3 is 2.61 bits per heavy atom. The first-order chi connectivity index (χ1) is 8.58. The Kier molecular flexibility index (Phi) is 3.65. The van der Waals surface area contributed by atoms with E-state index in [4.69, 9.17) is 27.3 Å². The summed E-state index contributed by atoms with van der Waals surface area (Å²) in [6.45, 7) is 1.54. The number of nitriles is 1. The molecule has 0 aliphatic carbocycles. The number of nitrogens with zero attached hydrogens (tertiary/aromatic N) is 2. The number of ether oxygens (including phenoxy) is 1. The van der Waals surface area contributed by atoms with Gasteiger partial charge >= 0.3 is 0 Å². The molecule has 0 amide bonds. The first-order valence-electron chi connectivity index (χ1n) is 5.86. The van der Waals surface area contributed by atoms with Crippen molar-refractivity contribution in [1.29, 1.82) is 5.26 Å². The van der Waals surface area contributed by atoms with E-state index in [0.717, 1.165) is 18.8 Å². The number of hydrogen-bond donors (Lipinski definition) is 1. The molecule has 96 valence electrons. The fraction of sp³-hybridized carbons (Fsp3) is 0.462. The van der Waals surface area contributed by atoms with Crippen LogP contribution in [0.3, 0.4) is 0 Å². The van der Waals surface area contributed by atoms with Crippen molar-refractivity contribution in [3.63, 3.8) is 0 Å². The second-order valence-electron chi connectivity index (χ2n) is 4.57. The number of piperidine rings is 1. The molecule has 1 saturated heterocycles. The van der Waals surface area contributed by atoms with E-state index in [1.807, 2.05) is 18.2 Å². The lowest BCUT2D eigenvalue weighted by molar-refractivity contribution is 0.411. The Morgan fingerprint density at radius 2 is 2.11 bits per heavy atom. The highest BCUT2D eigenvalue weighted by molar-refractivity contribution is 6.32. The van der Waals surface area contributed by atoms with Crippen LogP contribution in [0.1, 0.15) is 12.8 Å². The minimum absolute atomic E-state index is 0.597. The molecule has 0 spiro atoms. The third-order valence-electron chi connectivity index (χ3n) is 3.38. The quantitative estimate of drug-likeness (QED) is 0.890. The summed E-state index contributed by atoms with van der Waals surface area (Å²) in [6.07, 6.45) is 1.35. The number of nitrogens with two attached hydrogens (primary N) is 1. The van der Waals surface area contributed by atoms with E-state index in [0.29, 0.717) is 23.6 Å². The normalized spacial score (nSPS) is 18.2. The van der Waals surface area contributed by atoms with Crippen LogP contribution < -0.4 is 15.4 Å². The smallest absolute Gasteiger partial charge is 0.137 e. The number of methoxy groups -OCH3 is 1. The second-order valence-corrected chi connectivity index (χ2v) is 4.98. The van der Waals surface area contributed by atoms with Crippen molar-refractivity contribution < 1.29 is 4.74 Å². The van der Waals surface area contributed by atoms with Gasteiger partial charge in [0, 0.05) is 18.8 Å².